The van der Waals surface area contributed by atoms with E-state index in [1.807, 2.05) is 25.1 Å². The van der Waals surface area contributed by atoms with E-state index in [9.17, 15) is 5.11 Å². The Hall–Kier alpha value is -1.57. The summed E-state index contributed by atoms with van der Waals surface area (Å²) in [6.07, 6.45) is 2.66. The zero-order valence-corrected chi connectivity index (χ0v) is 12.2. The molecule has 1 heterocycles. The van der Waals surface area contributed by atoms with Crippen molar-refractivity contribution in [3.63, 3.8) is 0 Å². The van der Waals surface area contributed by atoms with Crippen molar-refractivity contribution in [1.82, 2.24) is 4.90 Å². The molecule has 0 aliphatic carbocycles. The second-order valence-electron chi connectivity index (χ2n) is 5.77. The monoisotopic (exact) mass is 274 g/mol. The molecule has 1 atom stereocenters. The molecule has 1 aliphatic heterocycles. The van der Waals surface area contributed by atoms with Gasteiger partial charge in [0.05, 0.1) is 18.3 Å². The lowest BCUT2D eigenvalue weighted by molar-refractivity contribution is 0.0444. The van der Waals surface area contributed by atoms with Crippen LogP contribution in [0.1, 0.15) is 37.3 Å². The molecule has 20 heavy (non-hydrogen) atoms. The van der Waals surface area contributed by atoms with Crippen LogP contribution < -0.4 is 4.74 Å². The Labute approximate surface area is 120 Å². The van der Waals surface area contributed by atoms with E-state index in [2.05, 4.69) is 11.0 Å². The number of nitrogens with zero attached hydrogens (tertiary/aromatic N) is 2. The van der Waals surface area contributed by atoms with Gasteiger partial charge in [0.1, 0.15) is 11.8 Å². The second kappa shape index (κ2) is 6.25. The van der Waals surface area contributed by atoms with Crippen LogP contribution in [0.15, 0.2) is 18.2 Å². The quantitative estimate of drug-likeness (QED) is 0.919. The number of rotatable bonds is 3. The van der Waals surface area contributed by atoms with Gasteiger partial charge >= 0.3 is 0 Å². The Bertz CT molecular complexity index is 506. The second-order valence-corrected chi connectivity index (χ2v) is 5.77. The molecule has 1 aromatic rings. The van der Waals surface area contributed by atoms with Crippen molar-refractivity contribution in [3.05, 3.63) is 29.3 Å². The van der Waals surface area contributed by atoms with E-state index in [1.165, 1.54) is 0 Å². The van der Waals surface area contributed by atoms with Gasteiger partial charge in [0.15, 0.2) is 0 Å². The first kappa shape index (κ1) is 14.8. The molecule has 1 saturated heterocycles. The van der Waals surface area contributed by atoms with Gasteiger partial charge in [-0.1, -0.05) is 6.07 Å². The third-order valence-electron chi connectivity index (χ3n) is 3.95. The molecule has 1 fully saturated rings. The van der Waals surface area contributed by atoms with Crippen LogP contribution in [0, 0.1) is 11.3 Å². The lowest BCUT2D eigenvalue weighted by Gasteiger charge is -2.22. The van der Waals surface area contributed by atoms with E-state index >= 15 is 0 Å². The number of hydrogen-bond donors (Lipinski definition) is 1. The molecule has 1 unspecified atom stereocenters. The smallest absolute Gasteiger partial charge is 0.136 e. The number of ether oxygens (including phenoxy) is 1. The minimum atomic E-state index is -0.535. The molecule has 0 amide bonds. The Kier molecular flexibility index (Phi) is 4.64. The molecule has 0 radical (unpaired) electrons. The summed E-state index contributed by atoms with van der Waals surface area (Å²) in [7, 11) is 1.58. The fourth-order valence-electron chi connectivity index (χ4n) is 2.68. The van der Waals surface area contributed by atoms with Crippen LogP contribution in [0.4, 0.5) is 0 Å². The van der Waals surface area contributed by atoms with Crippen LogP contribution in [0.3, 0.4) is 0 Å². The van der Waals surface area contributed by atoms with Gasteiger partial charge in [0, 0.05) is 13.1 Å². The number of nitriles is 1. The molecular weight excluding hydrogens is 252 g/mol. The topological polar surface area (TPSA) is 56.5 Å². The summed E-state index contributed by atoms with van der Waals surface area (Å²) in [6.45, 7) is 4.61. The normalized spacial score (nSPS) is 23.9. The van der Waals surface area contributed by atoms with Crippen LogP contribution in [0.25, 0.3) is 0 Å². The van der Waals surface area contributed by atoms with E-state index in [0.717, 1.165) is 44.5 Å². The Balaban J connectivity index is 2.05. The van der Waals surface area contributed by atoms with Gasteiger partial charge < -0.3 is 9.84 Å². The van der Waals surface area contributed by atoms with Crippen molar-refractivity contribution < 1.29 is 9.84 Å². The first-order chi connectivity index (χ1) is 9.54. The van der Waals surface area contributed by atoms with Crippen LogP contribution in [0.5, 0.6) is 5.75 Å². The van der Waals surface area contributed by atoms with E-state index in [-0.39, 0.29) is 0 Å². The Morgan fingerprint density at radius 2 is 2.20 bits per heavy atom. The number of aliphatic hydroxyl groups is 1. The Morgan fingerprint density at radius 3 is 2.90 bits per heavy atom. The third kappa shape index (κ3) is 3.72. The zero-order valence-electron chi connectivity index (χ0n) is 12.2. The Morgan fingerprint density at radius 1 is 1.40 bits per heavy atom. The lowest BCUT2D eigenvalue weighted by Crippen LogP contribution is -2.28. The summed E-state index contributed by atoms with van der Waals surface area (Å²) in [5, 5.41) is 19.2. The molecule has 4 heteroatoms. The molecule has 108 valence electrons. The SMILES string of the molecule is COc1ccc(CN2CCCC(C)(O)CC2)cc1C#N. The summed E-state index contributed by atoms with van der Waals surface area (Å²) in [5.74, 6) is 0.620. The average molecular weight is 274 g/mol. The van der Waals surface area contributed by atoms with Gasteiger partial charge in [-0.2, -0.15) is 5.26 Å². The van der Waals surface area contributed by atoms with Crippen LogP contribution in [0.2, 0.25) is 0 Å². The van der Waals surface area contributed by atoms with Crippen LogP contribution in [-0.2, 0) is 6.54 Å². The minimum Gasteiger partial charge on any atom is -0.495 e. The molecule has 0 saturated carbocycles. The third-order valence-corrected chi connectivity index (χ3v) is 3.95. The highest BCUT2D eigenvalue weighted by Gasteiger charge is 2.24. The molecule has 1 aliphatic rings. The van der Waals surface area contributed by atoms with Crippen molar-refractivity contribution in [2.45, 2.75) is 38.3 Å². The predicted octanol–water partition coefficient (Wildman–Crippen LogP) is 2.30. The maximum absolute atomic E-state index is 10.1. The molecule has 0 aromatic heterocycles. The number of likely N-dealkylation sites (tertiary alicyclic amines) is 1. The van der Waals surface area contributed by atoms with E-state index in [4.69, 9.17) is 10.00 Å². The van der Waals surface area contributed by atoms with Crippen molar-refractivity contribution in [1.29, 1.82) is 5.26 Å². The predicted molar refractivity (Wildman–Crippen MR) is 77.5 cm³/mol. The fourth-order valence-corrected chi connectivity index (χ4v) is 2.68. The first-order valence-electron chi connectivity index (χ1n) is 7.06. The van der Waals surface area contributed by atoms with E-state index in [0.29, 0.717) is 11.3 Å². The molecule has 2 rings (SSSR count). The van der Waals surface area contributed by atoms with E-state index < -0.39 is 5.60 Å². The summed E-state index contributed by atoms with van der Waals surface area (Å²) in [5.41, 5.74) is 1.16. The molecule has 1 N–H and O–H groups in total. The van der Waals surface area contributed by atoms with Gasteiger partial charge in [0.2, 0.25) is 0 Å². The average Bonchev–Trinajstić information content (AvgIpc) is 2.60. The van der Waals surface area contributed by atoms with Gasteiger partial charge in [-0.3, -0.25) is 4.90 Å². The van der Waals surface area contributed by atoms with E-state index in [1.54, 1.807) is 7.11 Å². The molecular formula is C16H22N2O2. The van der Waals surface area contributed by atoms with Crippen molar-refractivity contribution in [2.24, 2.45) is 0 Å². The van der Waals surface area contributed by atoms with Crippen LogP contribution >= 0.6 is 0 Å². The molecule has 1 aromatic carbocycles. The number of benzene rings is 1. The van der Waals surface area contributed by atoms with Gasteiger partial charge in [0.25, 0.3) is 0 Å². The zero-order chi connectivity index (χ0) is 14.6. The fraction of sp³-hybridized carbons (Fsp3) is 0.562. The number of hydrogen-bond acceptors (Lipinski definition) is 4. The first-order valence-corrected chi connectivity index (χ1v) is 7.06. The maximum Gasteiger partial charge on any atom is 0.136 e. The largest absolute Gasteiger partial charge is 0.495 e. The number of methoxy groups -OCH3 is 1. The molecule has 0 spiro atoms. The summed E-state index contributed by atoms with van der Waals surface area (Å²) in [4.78, 5) is 2.34. The lowest BCUT2D eigenvalue weighted by atomic mass is 9.98. The van der Waals surface area contributed by atoms with Gasteiger partial charge in [-0.05, 0) is 50.4 Å². The highest BCUT2D eigenvalue weighted by molar-refractivity contribution is 5.45. The maximum atomic E-state index is 10.1. The molecule has 0 bridgehead atoms. The van der Waals surface area contributed by atoms with Crippen molar-refractivity contribution >= 4 is 0 Å². The van der Waals surface area contributed by atoms with Gasteiger partial charge in [-0.25, -0.2) is 0 Å². The summed E-state index contributed by atoms with van der Waals surface area (Å²) < 4.78 is 5.16. The highest BCUT2D eigenvalue weighted by atomic mass is 16.5. The van der Waals surface area contributed by atoms with Crippen molar-refractivity contribution in [3.8, 4) is 11.8 Å². The highest BCUT2D eigenvalue weighted by Crippen LogP contribution is 2.24. The van der Waals surface area contributed by atoms with Crippen LogP contribution in [-0.4, -0.2) is 35.8 Å². The molecule has 4 nitrogen and oxygen atoms in total. The minimum absolute atomic E-state index is 0.535. The van der Waals surface area contributed by atoms with Crippen molar-refractivity contribution in [2.75, 3.05) is 20.2 Å². The standard InChI is InChI=1S/C16H22N2O2/c1-16(19)6-3-8-18(9-7-16)12-13-4-5-15(20-2)14(10-13)11-17/h4-5,10,19H,3,6-9,12H2,1-2H3. The summed E-state index contributed by atoms with van der Waals surface area (Å²) >= 11 is 0. The summed E-state index contributed by atoms with van der Waals surface area (Å²) in [6, 6.07) is 7.91. The van der Waals surface area contributed by atoms with Gasteiger partial charge in [-0.15, -0.1) is 0 Å².